The van der Waals surface area contributed by atoms with Gasteiger partial charge in [-0.05, 0) is 62.4 Å². The first kappa shape index (κ1) is 24.5. The van der Waals surface area contributed by atoms with Crippen molar-refractivity contribution in [2.75, 3.05) is 20.7 Å². The smallest absolute Gasteiger partial charge is 0.228 e. The lowest BCUT2D eigenvalue weighted by Gasteiger charge is -2.53. The number of hydrogen-bond donors (Lipinski definition) is 4. The van der Waals surface area contributed by atoms with E-state index in [1.165, 1.54) is 6.07 Å². The molecule has 9 nitrogen and oxygen atoms in total. The monoisotopic (exact) mass is 472 g/mol. The van der Waals surface area contributed by atoms with Gasteiger partial charge in [0, 0.05) is 18.9 Å². The van der Waals surface area contributed by atoms with Crippen LogP contribution < -0.4 is 5.73 Å². The minimum atomic E-state index is -2.05. The number of aliphatic hydroxyl groups is 2. The molecular weight excluding hydrogens is 440 g/mol. The number of carbonyl (C=O) groups excluding carboxylic acids is 4. The Kier molecular flexibility index (Phi) is 6.16. The van der Waals surface area contributed by atoms with Crippen LogP contribution in [-0.4, -0.2) is 75.8 Å². The second-order valence-corrected chi connectivity index (χ2v) is 10.5. The van der Waals surface area contributed by atoms with Gasteiger partial charge in [-0.3, -0.25) is 24.1 Å². The largest absolute Gasteiger partial charge is 0.507 e. The van der Waals surface area contributed by atoms with Crippen molar-refractivity contribution in [3.63, 3.8) is 0 Å². The van der Waals surface area contributed by atoms with Gasteiger partial charge in [-0.15, -0.1) is 0 Å². The summed E-state index contributed by atoms with van der Waals surface area (Å²) in [5.41, 5.74) is 4.96. The zero-order valence-corrected chi connectivity index (χ0v) is 19.7. The molecule has 5 N–H and O–H groups in total. The van der Waals surface area contributed by atoms with Crippen LogP contribution in [0.4, 0.5) is 0 Å². The van der Waals surface area contributed by atoms with Gasteiger partial charge < -0.3 is 21.1 Å². The summed E-state index contributed by atoms with van der Waals surface area (Å²) in [6.07, 6.45) is 0.644. The summed E-state index contributed by atoms with van der Waals surface area (Å²) in [6, 6.07) is 2.26. The Morgan fingerprint density at radius 2 is 1.94 bits per heavy atom. The first-order chi connectivity index (χ1) is 15.9. The first-order valence-electron chi connectivity index (χ1n) is 11.7. The Morgan fingerprint density at radius 3 is 2.53 bits per heavy atom. The lowest BCUT2D eigenvalue weighted by Crippen LogP contribution is -2.69. The Morgan fingerprint density at radius 1 is 1.26 bits per heavy atom. The lowest BCUT2D eigenvalue weighted by molar-refractivity contribution is -0.176. The van der Waals surface area contributed by atoms with Crippen molar-refractivity contribution in [3.05, 3.63) is 28.8 Å². The molecule has 0 bridgehead atoms. The molecule has 0 radical (unpaired) electrons. The molecule has 3 aliphatic carbocycles. The van der Waals surface area contributed by atoms with Crippen LogP contribution in [0, 0.1) is 29.6 Å². The second-order valence-electron chi connectivity index (χ2n) is 10.5. The number of phenolic OH excluding ortho intramolecular Hbond substituents is 1. The number of aliphatic hydroxyl groups excluding tert-OH is 1. The highest BCUT2D eigenvalue weighted by Crippen LogP contribution is 2.52. The molecule has 3 aliphatic rings. The number of nitrogens with zero attached hydrogens (tertiary/aromatic N) is 1. The summed E-state index contributed by atoms with van der Waals surface area (Å²) in [4.78, 5) is 54.0. The fourth-order valence-electron chi connectivity index (χ4n) is 6.41. The molecule has 1 amide bonds. The summed E-state index contributed by atoms with van der Waals surface area (Å²) in [5.74, 6) is -6.59. The van der Waals surface area contributed by atoms with E-state index < -0.39 is 65.0 Å². The van der Waals surface area contributed by atoms with Crippen molar-refractivity contribution in [3.8, 4) is 5.75 Å². The van der Waals surface area contributed by atoms with Gasteiger partial charge in [0.05, 0.1) is 17.5 Å². The standard InChI is InChI=1S/C25H32N2O7/c1-11(10-28)6-12-4-5-17(29)19-14(12)7-13-8-16-20(27(2)3)21(30)15(24(26)33)9-25(16,34)23(32)18(13)22(19)31/h4-5,11,13,15-16,18,20,28-29,34H,6-10H2,1-3H3,(H2,26,33). The van der Waals surface area contributed by atoms with Gasteiger partial charge >= 0.3 is 0 Å². The highest BCUT2D eigenvalue weighted by molar-refractivity contribution is 6.17. The summed E-state index contributed by atoms with van der Waals surface area (Å²) in [5, 5.41) is 31.6. The van der Waals surface area contributed by atoms with Crippen LogP contribution in [-0.2, 0) is 27.2 Å². The number of primary amides is 1. The van der Waals surface area contributed by atoms with E-state index in [2.05, 4.69) is 0 Å². The molecule has 4 rings (SSSR count). The summed E-state index contributed by atoms with van der Waals surface area (Å²) < 4.78 is 0. The molecule has 0 saturated heterocycles. The lowest BCUT2D eigenvalue weighted by atomic mass is 9.52. The van der Waals surface area contributed by atoms with Crippen LogP contribution in [0.25, 0.3) is 0 Å². The predicted molar refractivity (Wildman–Crippen MR) is 121 cm³/mol. The Bertz CT molecular complexity index is 1070. The second kappa shape index (κ2) is 8.55. The fraction of sp³-hybridized carbons (Fsp3) is 0.600. The molecular formula is C25H32N2O7. The maximum atomic E-state index is 13.7. The molecule has 2 saturated carbocycles. The quantitative estimate of drug-likeness (QED) is 0.431. The maximum absolute atomic E-state index is 13.7. The first-order valence-corrected chi connectivity index (χ1v) is 11.7. The number of benzene rings is 1. The van der Waals surface area contributed by atoms with E-state index in [1.807, 2.05) is 6.92 Å². The van der Waals surface area contributed by atoms with Gasteiger partial charge in [0.15, 0.2) is 17.3 Å². The normalized spacial score (nSPS) is 33.8. The molecule has 0 spiro atoms. The topological polar surface area (TPSA) is 158 Å². The van der Waals surface area contributed by atoms with Crippen LogP contribution in [0.5, 0.6) is 5.75 Å². The van der Waals surface area contributed by atoms with Gasteiger partial charge in [0.2, 0.25) is 5.91 Å². The average molecular weight is 473 g/mol. The summed E-state index contributed by atoms with van der Waals surface area (Å²) in [6.45, 7) is 1.85. The van der Waals surface area contributed by atoms with Crippen molar-refractivity contribution in [1.82, 2.24) is 4.90 Å². The Labute approximate surface area is 197 Å². The van der Waals surface area contributed by atoms with E-state index in [0.717, 1.165) is 5.56 Å². The molecule has 0 aliphatic heterocycles. The molecule has 0 aromatic heterocycles. The third-order valence-corrected chi connectivity index (χ3v) is 8.04. The number of hydrogen-bond acceptors (Lipinski definition) is 8. The zero-order chi connectivity index (χ0) is 25.1. The van der Waals surface area contributed by atoms with Crippen molar-refractivity contribution >= 4 is 23.3 Å². The number of carbonyl (C=O) groups is 4. The minimum absolute atomic E-state index is 0.0309. The number of phenols is 1. The van der Waals surface area contributed by atoms with Gasteiger partial charge in [0.25, 0.3) is 0 Å². The van der Waals surface area contributed by atoms with Crippen LogP contribution in [0.3, 0.4) is 0 Å². The van der Waals surface area contributed by atoms with E-state index in [0.29, 0.717) is 18.4 Å². The summed E-state index contributed by atoms with van der Waals surface area (Å²) in [7, 11) is 3.30. The highest BCUT2D eigenvalue weighted by Gasteiger charge is 2.64. The summed E-state index contributed by atoms with van der Waals surface area (Å²) >= 11 is 0. The van der Waals surface area contributed by atoms with Crippen molar-refractivity contribution in [1.29, 1.82) is 0 Å². The van der Waals surface area contributed by atoms with Crippen LogP contribution in [0.1, 0.15) is 41.3 Å². The van der Waals surface area contributed by atoms with Crippen LogP contribution in [0.2, 0.25) is 0 Å². The zero-order valence-electron chi connectivity index (χ0n) is 19.7. The number of aromatic hydroxyl groups is 1. The van der Waals surface area contributed by atoms with Gasteiger partial charge in [-0.2, -0.15) is 0 Å². The van der Waals surface area contributed by atoms with E-state index >= 15 is 0 Å². The van der Waals surface area contributed by atoms with E-state index in [4.69, 9.17) is 5.73 Å². The number of amides is 1. The van der Waals surface area contributed by atoms with Gasteiger partial charge in [-0.1, -0.05) is 13.0 Å². The van der Waals surface area contributed by atoms with Gasteiger partial charge in [0.1, 0.15) is 17.3 Å². The third kappa shape index (κ3) is 3.57. The van der Waals surface area contributed by atoms with E-state index in [-0.39, 0.29) is 30.3 Å². The van der Waals surface area contributed by atoms with Crippen LogP contribution in [0.15, 0.2) is 12.1 Å². The highest BCUT2D eigenvalue weighted by atomic mass is 16.3. The Hall–Kier alpha value is -2.62. The minimum Gasteiger partial charge on any atom is -0.507 e. The number of Topliss-reactive ketones (excluding diaryl/α,β-unsaturated/α-hetero) is 3. The predicted octanol–water partition coefficient (Wildman–Crippen LogP) is -0.141. The SMILES string of the molecule is CC(CO)Cc1ccc(O)c2c1CC1CC3C(N(C)C)C(=O)C(C(N)=O)CC3(O)C(=O)C1C2=O. The number of fused-ring (bicyclic) bond motifs is 3. The van der Waals surface area contributed by atoms with Crippen molar-refractivity contribution < 1.29 is 34.5 Å². The van der Waals surface area contributed by atoms with Gasteiger partial charge in [-0.25, -0.2) is 0 Å². The van der Waals surface area contributed by atoms with Crippen molar-refractivity contribution in [2.45, 2.75) is 44.2 Å². The molecule has 0 heterocycles. The molecule has 1 aromatic rings. The van der Waals surface area contributed by atoms with E-state index in [1.54, 1.807) is 25.1 Å². The Balaban J connectivity index is 1.80. The molecule has 7 atom stereocenters. The van der Waals surface area contributed by atoms with Crippen LogP contribution >= 0.6 is 0 Å². The molecule has 2 fully saturated rings. The number of likely N-dealkylation sites (N-methyl/N-ethyl adjacent to an activating group) is 1. The number of ketones is 3. The molecule has 7 unspecified atom stereocenters. The maximum Gasteiger partial charge on any atom is 0.228 e. The number of rotatable bonds is 5. The molecule has 9 heteroatoms. The average Bonchev–Trinajstić information content (AvgIpc) is 2.76. The van der Waals surface area contributed by atoms with E-state index in [9.17, 15) is 34.5 Å². The molecule has 184 valence electrons. The molecule has 1 aromatic carbocycles. The number of nitrogens with two attached hydrogens (primary N) is 1. The van der Waals surface area contributed by atoms with Crippen molar-refractivity contribution in [2.24, 2.45) is 35.3 Å². The third-order valence-electron chi connectivity index (χ3n) is 8.04. The fourth-order valence-corrected chi connectivity index (χ4v) is 6.41. The molecule has 34 heavy (non-hydrogen) atoms.